The summed E-state index contributed by atoms with van der Waals surface area (Å²) in [5, 5.41) is 161. The fourth-order valence-electron chi connectivity index (χ4n) is 12.4. The fraction of sp³-hybridized carbons (Fsp3) is 0.594. The number of carbonyl (C=O) groups excluding carboxylic acids is 6. The molecule has 6 aliphatic heterocycles. The van der Waals surface area contributed by atoms with Gasteiger partial charge in [0.2, 0.25) is 41.7 Å². The summed E-state index contributed by atoms with van der Waals surface area (Å²) in [7, 11) is 0. The minimum Gasteiger partial charge on any atom is -0.494 e. The van der Waals surface area contributed by atoms with Crippen LogP contribution in [0.5, 0.6) is 11.5 Å². The van der Waals surface area contributed by atoms with E-state index in [9.17, 15) is 85.6 Å². The zero-order valence-corrected chi connectivity index (χ0v) is 55.3. The number of guanidine groups is 2. The number of carbonyl (C=O) groups is 6. The molecule has 25 atom stereocenters. The molecule has 6 amide bonds. The number of aliphatic hydroxyl groups excluding tert-OH is 13. The molecule has 24 N–H and O–H groups in total. The summed E-state index contributed by atoms with van der Waals surface area (Å²) >= 11 is 0. The molecule has 9 rings (SSSR count). The van der Waals surface area contributed by atoms with Gasteiger partial charge in [-0.05, 0) is 47.4 Å². The molecule has 0 unspecified atom stereocenters. The molecule has 38 heteroatoms. The Morgan fingerprint density at radius 3 is 1.83 bits per heavy atom. The van der Waals surface area contributed by atoms with Crippen molar-refractivity contribution in [3.8, 4) is 11.5 Å². The van der Waals surface area contributed by atoms with Crippen LogP contribution in [-0.2, 0) is 65.5 Å². The van der Waals surface area contributed by atoms with Gasteiger partial charge in [-0.2, -0.15) is 0 Å². The van der Waals surface area contributed by atoms with Gasteiger partial charge in [0, 0.05) is 12.3 Å². The van der Waals surface area contributed by atoms with Crippen LogP contribution in [-0.4, -0.2) is 318 Å². The summed E-state index contributed by atoms with van der Waals surface area (Å²) in [6.45, 7) is -0.901. The molecule has 0 aliphatic carbocycles. The predicted molar refractivity (Wildman–Crippen MR) is 348 cm³/mol. The van der Waals surface area contributed by atoms with Crippen LogP contribution in [0.15, 0.2) is 88.8 Å². The van der Waals surface area contributed by atoms with Gasteiger partial charge in [-0.1, -0.05) is 68.4 Å². The van der Waals surface area contributed by atoms with Crippen LogP contribution >= 0.6 is 0 Å². The van der Waals surface area contributed by atoms with Crippen molar-refractivity contribution in [3.05, 3.63) is 95.6 Å². The first kappa shape index (κ1) is 78.0. The summed E-state index contributed by atoms with van der Waals surface area (Å²) in [6.07, 6.45) is -30.7. The first-order chi connectivity index (χ1) is 48.7. The normalized spacial score (nSPS) is 34.7. The van der Waals surface area contributed by atoms with E-state index in [1.54, 1.807) is 61.5 Å². The highest BCUT2D eigenvalue weighted by Gasteiger charge is 2.54. The van der Waals surface area contributed by atoms with Crippen LogP contribution in [0.3, 0.4) is 0 Å². The number of nitrogens with two attached hydrogens (primary N) is 2. The third-order valence-electron chi connectivity index (χ3n) is 18.3. The molecule has 6 aliphatic rings. The zero-order valence-electron chi connectivity index (χ0n) is 55.3. The van der Waals surface area contributed by atoms with Crippen molar-refractivity contribution in [2.45, 2.75) is 186 Å². The number of benzene rings is 3. The van der Waals surface area contributed by atoms with Gasteiger partial charge in [0.1, 0.15) is 127 Å². The number of rotatable bonds is 23. The third kappa shape index (κ3) is 18.4. The Hall–Kier alpha value is -8.10. The van der Waals surface area contributed by atoms with E-state index in [0.717, 1.165) is 16.9 Å². The van der Waals surface area contributed by atoms with Gasteiger partial charge in [0.15, 0.2) is 24.4 Å². The molecule has 102 heavy (non-hydrogen) atoms. The van der Waals surface area contributed by atoms with Crippen LogP contribution < -0.4 is 58.2 Å². The third-order valence-corrected chi connectivity index (χ3v) is 18.3. The molecule has 4 saturated heterocycles. The Bertz CT molecular complexity index is 3370. The lowest BCUT2D eigenvalue weighted by atomic mass is 9.92. The lowest BCUT2D eigenvalue weighted by molar-refractivity contribution is -0.353. The molecule has 4 fully saturated rings. The second-order valence-corrected chi connectivity index (χ2v) is 25.4. The van der Waals surface area contributed by atoms with E-state index in [2.05, 4.69) is 47.2 Å². The summed E-state index contributed by atoms with van der Waals surface area (Å²) < 4.78 is 40.6. The second-order valence-electron chi connectivity index (χ2n) is 25.4. The molecule has 0 aromatic heterocycles. The summed E-state index contributed by atoms with van der Waals surface area (Å²) in [5.41, 5.74) is 13.6. The molecule has 562 valence electrons. The zero-order chi connectivity index (χ0) is 73.8. The molecule has 3 aromatic carbocycles. The first-order valence-corrected chi connectivity index (χ1v) is 33.0. The minimum atomic E-state index is -2.35. The number of aliphatic imine (C=N–C) groups is 2. The average molecular weight is 1440 g/mol. The van der Waals surface area contributed by atoms with Crippen molar-refractivity contribution in [1.29, 1.82) is 0 Å². The van der Waals surface area contributed by atoms with Crippen LogP contribution in [0, 0.1) is 0 Å². The van der Waals surface area contributed by atoms with E-state index in [1.807, 2.05) is 6.92 Å². The van der Waals surface area contributed by atoms with Crippen LogP contribution in [0.4, 0.5) is 0 Å². The lowest BCUT2D eigenvalue weighted by Gasteiger charge is -2.46. The van der Waals surface area contributed by atoms with Crippen molar-refractivity contribution < 1.29 is 128 Å². The fourth-order valence-corrected chi connectivity index (χ4v) is 12.4. The van der Waals surface area contributed by atoms with E-state index < -0.39 is 233 Å². The van der Waals surface area contributed by atoms with Gasteiger partial charge in [-0.3, -0.25) is 38.8 Å². The Morgan fingerprint density at radius 1 is 0.578 bits per heavy atom. The molecule has 0 bridgehead atoms. The number of nitrogens with zero attached hydrogens (tertiary/aromatic N) is 3. The van der Waals surface area contributed by atoms with E-state index in [1.165, 1.54) is 24.3 Å². The highest BCUT2D eigenvalue weighted by Crippen LogP contribution is 2.33. The second kappa shape index (κ2) is 35.4. The van der Waals surface area contributed by atoms with Crippen LogP contribution in [0.2, 0.25) is 0 Å². The molecule has 0 radical (unpaired) electrons. The van der Waals surface area contributed by atoms with E-state index in [-0.39, 0.29) is 37.0 Å². The maximum Gasteiger partial charge on any atom is 0.246 e. The maximum absolute atomic E-state index is 15.2. The molecule has 3 aromatic rings. The standard InChI is InChI=1S/C64H90N12O26/c1-3-17-97-31-13-11-29(12-14-31)25-96-26-39-47(84)49(86)52(89)62(101-39)102-54-38(24-79)100-61(53(90)50(54)87)98-32-15-9-28(10-16-32)18-33-56(92)74-42(44(81)34-19-68-63(65)72-34)59(95)75-43(45(82)36-20-69-64(66)76(36)60-51(88)48(85)46(83)37(23-78)99-60)58(94)71-35(22-77)55(91)67-21-40(80)73-41(57(93)70-33)27(2)30-7-5-4-6-8-30/h4-16,27,33-39,41-54,60-62,77-79,81-90H,3,17-26H2,1-2H3,(H2,66,69)(H,67,91)(H,70,93)(H,71,94)(H,73,80)(H,74,92)(H,75,95)(H3,65,68,72)/t27-,33+,34-,35-,36-,37+,38+,39+,41-,42-,43+,44-,45-,46+,47+,48-,49-,50+,51-,52-,53-,54+,60-,61-,62+/m0/s1. The first-order valence-electron chi connectivity index (χ1n) is 33.0. The average Bonchev–Trinajstić information content (AvgIpc) is 1.44. The van der Waals surface area contributed by atoms with Crippen molar-refractivity contribution in [2.75, 3.05) is 52.7 Å². The summed E-state index contributed by atoms with van der Waals surface area (Å²) in [5.74, 6) is -8.33. The largest absolute Gasteiger partial charge is 0.494 e. The van der Waals surface area contributed by atoms with E-state index in [4.69, 9.17) is 44.6 Å². The minimum absolute atomic E-state index is 0.0509. The van der Waals surface area contributed by atoms with E-state index in [0.29, 0.717) is 17.9 Å². The van der Waals surface area contributed by atoms with Gasteiger partial charge < -0.3 is 153 Å². The Labute approximate surface area is 582 Å². The molecule has 6 heterocycles. The lowest BCUT2D eigenvalue weighted by Crippen LogP contribution is -2.70. The Balaban J connectivity index is 0.965. The van der Waals surface area contributed by atoms with Crippen molar-refractivity contribution >= 4 is 47.4 Å². The Kier molecular flexibility index (Phi) is 27.1. The van der Waals surface area contributed by atoms with Crippen molar-refractivity contribution in [1.82, 2.24) is 42.1 Å². The molecular weight excluding hydrogens is 1350 g/mol. The number of nitrogens with one attached hydrogen (secondary N) is 7. The smallest absolute Gasteiger partial charge is 0.246 e. The van der Waals surface area contributed by atoms with E-state index >= 15 is 9.59 Å². The molecule has 0 saturated carbocycles. The Morgan fingerprint density at radius 2 is 1.18 bits per heavy atom. The highest BCUT2D eigenvalue weighted by atomic mass is 16.7. The van der Waals surface area contributed by atoms with Gasteiger partial charge >= 0.3 is 0 Å². The van der Waals surface area contributed by atoms with Crippen molar-refractivity contribution in [2.24, 2.45) is 21.5 Å². The van der Waals surface area contributed by atoms with Gasteiger partial charge in [0.05, 0.1) is 71.4 Å². The summed E-state index contributed by atoms with van der Waals surface area (Å²) in [6, 6.07) is 7.94. The van der Waals surface area contributed by atoms with Crippen LogP contribution in [0.25, 0.3) is 0 Å². The number of hydrogen-bond acceptors (Lipinski definition) is 32. The summed E-state index contributed by atoms with van der Waals surface area (Å²) in [4.78, 5) is 96.6. The maximum atomic E-state index is 15.2. The van der Waals surface area contributed by atoms with Gasteiger partial charge in [0.25, 0.3) is 0 Å². The van der Waals surface area contributed by atoms with Gasteiger partial charge in [-0.25, -0.2) is 0 Å². The van der Waals surface area contributed by atoms with Crippen LogP contribution in [0.1, 0.15) is 42.9 Å². The number of ether oxygens (including phenoxy) is 7. The van der Waals surface area contributed by atoms with Crippen molar-refractivity contribution in [3.63, 3.8) is 0 Å². The van der Waals surface area contributed by atoms with Gasteiger partial charge in [-0.15, -0.1) is 0 Å². The number of aliphatic hydroxyl groups is 13. The molecule has 38 nitrogen and oxygen atoms in total. The monoisotopic (exact) mass is 1440 g/mol. The molecule has 0 spiro atoms. The topological polar surface area (TPSA) is 594 Å². The number of hydrogen-bond donors (Lipinski definition) is 22. The quantitative estimate of drug-likeness (QED) is 0.0419. The molecular formula is C64H90N12O26. The number of amides is 6. The predicted octanol–water partition coefficient (Wildman–Crippen LogP) is -10.6. The highest BCUT2D eigenvalue weighted by molar-refractivity contribution is 5.98. The SMILES string of the molecule is CCCOc1ccc(COC[C@H]2O[C@H](O[C@H]3[C@H](O)[C@H](O)[C@@H](Oc4ccc(C[C@H]5NC(=O)[C@H]([C@@H](C)c6ccccc6)NC(=O)CNC(=O)[C@H](CO)NC(=O)[C@@H]([C@@H](O)[C@@H]6CN=C(N)N6[C@H]6O[C@H](CO)[C@@H](O)[C@H](O)[C@@H]6O)NC(=O)[C@H]([C@@H](O)[C@@H]6CN=C(N)N6)NC5=O)cc4)O[C@@H]3CO)[C@@H](O)[C@@H](O)[C@@H]2O)cc1.